The number of aliphatic imine (C=N–C) groups is 1. The van der Waals surface area contributed by atoms with E-state index in [-0.39, 0.29) is 0 Å². The van der Waals surface area contributed by atoms with Crippen molar-refractivity contribution >= 4 is 20.7 Å². The van der Waals surface area contributed by atoms with Gasteiger partial charge in [-0.3, -0.25) is 0 Å². The number of nitriles is 2. The van der Waals surface area contributed by atoms with Gasteiger partial charge in [0.1, 0.15) is 0 Å². The highest BCUT2D eigenvalue weighted by Crippen LogP contribution is 2.07. The normalized spacial score (nSPS) is 29.7. The standard InChI is InChI=1S/C5H3BrN4/c6-5-9-3(1-7)4(2-8)10-5/h3-4H,(H,9,10)/t3-,4+. The lowest BCUT2D eigenvalue weighted by molar-refractivity contribution is 0.724. The minimum absolute atomic E-state index is 0.477. The number of nitrogens with one attached hydrogen (secondary N) is 1. The van der Waals surface area contributed by atoms with Gasteiger partial charge in [-0.25, -0.2) is 4.99 Å². The van der Waals surface area contributed by atoms with Gasteiger partial charge in [0, 0.05) is 0 Å². The Morgan fingerprint density at radius 3 is 2.60 bits per heavy atom. The molecule has 1 aliphatic heterocycles. The molecule has 0 aromatic heterocycles. The first kappa shape index (κ1) is 7.04. The predicted molar refractivity (Wildman–Crippen MR) is 38.3 cm³/mol. The molecule has 0 saturated carbocycles. The first-order chi connectivity index (χ1) is 4.77. The molecule has 1 heterocycles. The van der Waals surface area contributed by atoms with Crippen molar-refractivity contribution in [2.75, 3.05) is 0 Å². The number of hydrogen-bond donors (Lipinski definition) is 1. The second-order valence-electron chi connectivity index (χ2n) is 1.74. The van der Waals surface area contributed by atoms with Gasteiger partial charge in [-0.2, -0.15) is 10.5 Å². The van der Waals surface area contributed by atoms with E-state index in [9.17, 15) is 0 Å². The summed E-state index contributed by atoms with van der Waals surface area (Å²) in [6.07, 6.45) is 0. The lowest BCUT2D eigenvalue weighted by Crippen LogP contribution is -2.30. The molecule has 0 aromatic carbocycles. The van der Waals surface area contributed by atoms with Crippen molar-refractivity contribution in [1.82, 2.24) is 5.32 Å². The zero-order valence-corrected chi connectivity index (χ0v) is 6.46. The molecule has 1 rings (SSSR count). The predicted octanol–water partition coefficient (Wildman–Crippen LogP) is 0.125. The first-order valence-electron chi connectivity index (χ1n) is 2.57. The van der Waals surface area contributed by atoms with Gasteiger partial charge in [-0.1, -0.05) is 0 Å². The Kier molecular flexibility index (Phi) is 1.88. The summed E-state index contributed by atoms with van der Waals surface area (Å²) >= 11 is 3.04. The number of halogens is 1. The van der Waals surface area contributed by atoms with E-state index in [1.165, 1.54) is 0 Å². The van der Waals surface area contributed by atoms with E-state index >= 15 is 0 Å². The third-order valence-corrected chi connectivity index (χ3v) is 1.55. The number of rotatable bonds is 0. The molecule has 0 unspecified atom stereocenters. The van der Waals surface area contributed by atoms with E-state index in [0.29, 0.717) is 4.74 Å². The van der Waals surface area contributed by atoms with Crippen LogP contribution in [-0.4, -0.2) is 16.8 Å². The van der Waals surface area contributed by atoms with E-state index in [4.69, 9.17) is 10.5 Å². The molecule has 50 valence electrons. The summed E-state index contributed by atoms with van der Waals surface area (Å²) in [5.74, 6) is 0. The van der Waals surface area contributed by atoms with Crippen LogP contribution < -0.4 is 5.32 Å². The highest BCUT2D eigenvalue weighted by atomic mass is 79.9. The molecule has 0 saturated heterocycles. The maximum Gasteiger partial charge on any atom is 0.172 e. The first-order valence-corrected chi connectivity index (χ1v) is 3.36. The molecule has 0 aromatic rings. The Morgan fingerprint density at radius 2 is 2.20 bits per heavy atom. The molecular weight excluding hydrogens is 196 g/mol. The van der Waals surface area contributed by atoms with Crippen molar-refractivity contribution in [2.24, 2.45) is 4.99 Å². The lowest BCUT2D eigenvalue weighted by atomic mass is 10.2. The molecular formula is C5H3BrN4. The van der Waals surface area contributed by atoms with Gasteiger partial charge in [0.05, 0.1) is 12.1 Å². The van der Waals surface area contributed by atoms with Crippen LogP contribution >= 0.6 is 15.9 Å². The van der Waals surface area contributed by atoms with E-state index in [1.807, 2.05) is 12.1 Å². The molecule has 1 aliphatic rings. The number of nitrogens with zero attached hydrogens (tertiary/aromatic N) is 3. The van der Waals surface area contributed by atoms with Crippen LogP contribution in [0, 0.1) is 22.7 Å². The van der Waals surface area contributed by atoms with E-state index in [2.05, 4.69) is 26.2 Å². The van der Waals surface area contributed by atoms with Gasteiger partial charge < -0.3 is 5.32 Å². The minimum atomic E-state index is -0.570. The molecule has 0 amide bonds. The zero-order chi connectivity index (χ0) is 7.56. The van der Waals surface area contributed by atoms with Gasteiger partial charge in [-0.05, 0) is 15.9 Å². The van der Waals surface area contributed by atoms with Gasteiger partial charge in [0.15, 0.2) is 16.8 Å². The third-order valence-electron chi connectivity index (χ3n) is 1.11. The molecule has 1 N–H and O–H groups in total. The van der Waals surface area contributed by atoms with E-state index in [1.54, 1.807) is 0 Å². The highest BCUT2D eigenvalue weighted by Gasteiger charge is 2.26. The van der Waals surface area contributed by atoms with Crippen molar-refractivity contribution < 1.29 is 0 Å². The smallest absolute Gasteiger partial charge is 0.172 e. The van der Waals surface area contributed by atoms with Crippen LogP contribution in [-0.2, 0) is 0 Å². The summed E-state index contributed by atoms with van der Waals surface area (Å²) in [5, 5.41) is 19.5. The Morgan fingerprint density at radius 1 is 1.50 bits per heavy atom. The Balaban J connectivity index is 2.75. The highest BCUT2D eigenvalue weighted by molar-refractivity contribution is 9.18. The average molecular weight is 199 g/mol. The average Bonchev–Trinajstić information content (AvgIpc) is 2.30. The monoisotopic (exact) mass is 198 g/mol. The molecule has 5 heteroatoms. The van der Waals surface area contributed by atoms with E-state index < -0.39 is 12.1 Å². The summed E-state index contributed by atoms with van der Waals surface area (Å²) in [4.78, 5) is 3.80. The van der Waals surface area contributed by atoms with Crippen LogP contribution in [0.4, 0.5) is 0 Å². The van der Waals surface area contributed by atoms with Crippen LogP contribution in [0.3, 0.4) is 0 Å². The Labute approximate surface area is 66.3 Å². The summed E-state index contributed by atoms with van der Waals surface area (Å²) in [5.41, 5.74) is 0. The maximum absolute atomic E-state index is 8.43. The van der Waals surface area contributed by atoms with Gasteiger partial charge >= 0.3 is 0 Å². The molecule has 2 atom stereocenters. The van der Waals surface area contributed by atoms with Crippen LogP contribution in [0.1, 0.15) is 0 Å². The van der Waals surface area contributed by atoms with Crippen molar-refractivity contribution in [3.63, 3.8) is 0 Å². The number of amidine groups is 1. The fourth-order valence-corrected chi connectivity index (χ4v) is 1.11. The molecule has 0 fully saturated rings. The SMILES string of the molecule is N#C[C@@H]1N=C(Br)N[C@@H]1C#N. The maximum atomic E-state index is 8.43. The molecule has 0 aliphatic carbocycles. The van der Waals surface area contributed by atoms with Crippen molar-refractivity contribution in [2.45, 2.75) is 12.1 Å². The summed E-state index contributed by atoms with van der Waals surface area (Å²) in [6, 6.07) is 2.74. The van der Waals surface area contributed by atoms with E-state index in [0.717, 1.165) is 0 Å². The summed E-state index contributed by atoms with van der Waals surface area (Å²) in [6.45, 7) is 0. The van der Waals surface area contributed by atoms with Crippen molar-refractivity contribution in [3.8, 4) is 12.1 Å². The second-order valence-corrected chi connectivity index (χ2v) is 2.50. The minimum Gasteiger partial charge on any atom is -0.346 e. The van der Waals surface area contributed by atoms with Crippen LogP contribution in [0.5, 0.6) is 0 Å². The van der Waals surface area contributed by atoms with Crippen molar-refractivity contribution in [3.05, 3.63) is 0 Å². The molecule has 4 nitrogen and oxygen atoms in total. The molecule has 10 heavy (non-hydrogen) atoms. The lowest BCUT2D eigenvalue weighted by Gasteiger charge is -2.00. The quantitative estimate of drug-likeness (QED) is 0.563. The number of hydrogen-bond acceptors (Lipinski definition) is 4. The van der Waals surface area contributed by atoms with Gasteiger partial charge in [-0.15, -0.1) is 0 Å². The fraction of sp³-hybridized carbons (Fsp3) is 0.400. The molecule has 0 radical (unpaired) electrons. The van der Waals surface area contributed by atoms with Crippen molar-refractivity contribution in [1.29, 1.82) is 10.5 Å². The van der Waals surface area contributed by atoms with Gasteiger partial charge in [0.25, 0.3) is 0 Å². The van der Waals surface area contributed by atoms with Gasteiger partial charge in [0.2, 0.25) is 0 Å². The third kappa shape index (κ3) is 1.09. The largest absolute Gasteiger partial charge is 0.346 e. The molecule has 0 bridgehead atoms. The summed E-state index contributed by atoms with van der Waals surface area (Å²) < 4.78 is 0.477. The van der Waals surface area contributed by atoms with Crippen LogP contribution in [0.15, 0.2) is 4.99 Å². The molecule has 0 spiro atoms. The summed E-state index contributed by atoms with van der Waals surface area (Å²) in [7, 11) is 0. The Bertz CT molecular complexity index is 245. The zero-order valence-electron chi connectivity index (χ0n) is 4.87. The van der Waals surface area contributed by atoms with Crippen LogP contribution in [0.25, 0.3) is 0 Å². The Hall–Kier alpha value is -1.07. The fourth-order valence-electron chi connectivity index (χ4n) is 0.647. The second kappa shape index (κ2) is 2.68. The van der Waals surface area contributed by atoms with Crippen LogP contribution in [0.2, 0.25) is 0 Å². The topological polar surface area (TPSA) is 72.0 Å².